The molecule has 1 aliphatic heterocycles. The van der Waals surface area contributed by atoms with Gasteiger partial charge in [0, 0.05) is 36.8 Å². The fourth-order valence-electron chi connectivity index (χ4n) is 1.84. The van der Waals surface area contributed by atoms with E-state index in [9.17, 15) is 18.0 Å². The third kappa shape index (κ3) is 4.61. The number of amides is 2. The second kappa shape index (κ2) is 6.36. The molecule has 0 aliphatic carbocycles. The van der Waals surface area contributed by atoms with Gasteiger partial charge in [-0.2, -0.15) is 13.2 Å². The van der Waals surface area contributed by atoms with E-state index in [4.69, 9.17) is 0 Å². The lowest BCUT2D eigenvalue weighted by Gasteiger charge is -2.27. The summed E-state index contributed by atoms with van der Waals surface area (Å²) in [5.74, 6) is 0. The number of nitrogens with one attached hydrogen (secondary N) is 2. The highest BCUT2D eigenvalue weighted by Gasteiger charge is 2.29. The van der Waals surface area contributed by atoms with E-state index in [1.165, 1.54) is 18.2 Å². The van der Waals surface area contributed by atoms with Crippen molar-refractivity contribution >= 4 is 23.5 Å². The average molecular weight is 305 g/mol. The number of piperazine rings is 1. The smallest absolute Gasteiger partial charge is 0.322 e. The van der Waals surface area contributed by atoms with Gasteiger partial charge in [0.25, 0.3) is 0 Å². The standard InChI is InChI=1S/C12H14F3N3OS/c13-12(14,15)20-10-3-1-2-9(8-10)17-11(19)18-6-4-16-5-7-18/h1-3,8,16H,4-7H2,(H,17,19). The number of hydrogen-bond acceptors (Lipinski definition) is 3. The molecule has 0 spiro atoms. The first-order chi connectivity index (χ1) is 9.44. The van der Waals surface area contributed by atoms with E-state index < -0.39 is 5.51 Å². The molecule has 2 rings (SSSR count). The quantitative estimate of drug-likeness (QED) is 0.826. The lowest BCUT2D eigenvalue weighted by molar-refractivity contribution is -0.0328. The maximum Gasteiger partial charge on any atom is 0.446 e. The summed E-state index contributed by atoms with van der Waals surface area (Å²) in [7, 11) is 0. The molecule has 1 aromatic rings. The summed E-state index contributed by atoms with van der Waals surface area (Å²) >= 11 is -0.197. The van der Waals surface area contributed by atoms with Crippen molar-refractivity contribution in [3.8, 4) is 0 Å². The van der Waals surface area contributed by atoms with Crippen molar-refractivity contribution in [2.45, 2.75) is 10.4 Å². The first-order valence-corrected chi connectivity index (χ1v) is 6.88. The highest BCUT2D eigenvalue weighted by atomic mass is 32.2. The van der Waals surface area contributed by atoms with Gasteiger partial charge in [0.05, 0.1) is 0 Å². The van der Waals surface area contributed by atoms with Crippen LogP contribution in [0.1, 0.15) is 0 Å². The summed E-state index contributed by atoms with van der Waals surface area (Å²) in [6.45, 7) is 2.61. The van der Waals surface area contributed by atoms with E-state index in [2.05, 4.69) is 10.6 Å². The van der Waals surface area contributed by atoms with Crippen LogP contribution in [0.15, 0.2) is 29.2 Å². The van der Waals surface area contributed by atoms with Gasteiger partial charge in [-0.05, 0) is 30.0 Å². The molecule has 0 aromatic heterocycles. The second-order valence-corrected chi connectivity index (χ2v) is 5.38. The summed E-state index contributed by atoms with van der Waals surface area (Å²) in [4.78, 5) is 13.6. The summed E-state index contributed by atoms with van der Waals surface area (Å²) in [5, 5.41) is 5.73. The molecule has 0 unspecified atom stereocenters. The molecule has 0 bridgehead atoms. The normalized spacial score (nSPS) is 16.1. The van der Waals surface area contributed by atoms with Crippen LogP contribution in [0.3, 0.4) is 0 Å². The average Bonchev–Trinajstić information content (AvgIpc) is 2.38. The van der Waals surface area contributed by atoms with Gasteiger partial charge in [0.1, 0.15) is 0 Å². The van der Waals surface area contributed by atoms with Crippen molar-refractivity contribution in [1.82, 2.24) is 10.2 Å². The molecule has 1 heterocycles. The van der Waals surface area contributed by atoms with Crippen LogP contribution < -0.4 is 10.6 Å². The predicted molar refractivity (Wildman–Crippen MR) is 71.8 cm³/mol. The molecule has 4 nitrogen and oxygen atoms in total. The van der Waals surface area contributed by atoms with Gasteiger partial charge in [-0.3, -0.25) is 0 Å². The van der Waals surface area contributed by atoms with Gasteiger partial charge in [-0.1, -0.05) is 6.07 Å². The van der Waals surface area contributed by atoms with E-state index in [0.29, 0.717) is 18.8 Å². The number of carbonyl (C=O) groups is 1. The zero-order chi connectivity index (χ0) is 14.6. The molecule has 2 amide bonds. The topological polar surface area (TPSA) is 44.4 Å². The molecule has 1 saturated heterocycles. The van der Waals surface area contributed by atoms with Crippen molar-refractivity contribution in [3.05, 3.63) is 24.3 Å². The van der Waals surface area contributed by atoms with E-state index in [1.54, 1.807) is 11.0 Å². The first kappa shape index (κ1) is 15.0. The summed E-state index contributed by atoms with van der Waals surface area (Å²) in [6, 6.07) is 5.44. The van der Waals surface area contributed by atoms with E-state index >= 15 is 0 Å². The van der Waals surface area contributed by atoms with Gasteiger partial charge < -0.3 is 15.5 Å². The Morgan fingerprint density at radius 1 is 1.30 bits per heavy atom. The van der Waals surface area contributed by atoms with Crippen LogP contribution in [-0.2, 0) is 0 Å². The van der Waals surface area contributed by atoms with E-state index in [0.717, 1.165) is 13.1 Å². The predicted octanol–water partition coefficient (Wildman–Crippen LogP) is 2.74. The number of alkyl halides is 3. The zero-order valence-electron chi connectivity index (χ0n) is 10.5. The Kier molecular flexibility index (Phi) is 4.77. The minimum Gasteiger partial charge on any atom is -0.322 e. The lowest BCUT2D eigenvalue weighted by atomic mass is 10.3. The first-order valence-electron chi connectivity index (χ1n) is 6.06. The monoisotopic (exact) mass is 305 g/mol. The number of thioether (sulfide) groups is 1. The molecular weight excluding hydrogens is 291 g/mol. The Balaban J connectivity index is 1.98. The number of nitrogens with zero attached hydrogens (tertiary/aromatic N) is 1. The van der Waals surface area contributed by atoms with Crippen molar-refractivity contribution in [1.29, 1.82) is 0 Å². The molecule has 0 radical (unpaired) electrons. The van der Waals surface area contributed by atoms with Crippen LogP contribution in [0.5, 0.6) is 0 Å². The molecule has 20 heavy (non-hydrogen) atoms. The van der Waals surface area contributed by atoms with E-state index in [-0.39, 0.29) is 22.7 Å². The van der Waals surface area contributed by atoms with Gasteiger partial charge in [0.2, 0.25) is 0 Å². The number of rotatable bonds is 2. The SMILES string of the molecule is O=C(Nc1cccc(SC(F)(F)F)c1)N1CCNCC1. The molecule has 8 heteroatoms. The van der Waals surface area contributed by atoms with Crippen molar-refractivity contribution in [2.75, 3.05) is 31.5 Å². The number of hydrogen-bond donors (Lipinski definition) is 2. The third-order valence-corrected chi connectivity index (χ3v) is 3.44. The number of urea groups is 1. The third-order valence-electron chi connectivity index (χ3n) is 2.72. The molecular formula is C12H14F3N3OS. The minimum absolute atomic E-state index is 0.0515. The van der Waals surface area contributed by atoms with Crippen LogP contribution >= 0.6 is 11.8 Å². The molecule has 1 aromatic carbocycles. The molecule has 0 saturated carbocycles. The Morgan fingerprint density at radius 2 is 2.00 bits per heavy atom. The maximum absolute atomic E-state index is 12.3. The number of anilines is 1. The molecule has 1 aliphatic rings. The second-order valence-electron chi connectivity index (χ2n) is 4.24. The van der Waals surface area contributed by atoms with Gasteiger partial charge in [-0.15, -0.1) is 0 Å². The van der Waals surface area contributed by atoms with Crippen LogP contribution in [0, 0.1) is 0 Å². The summed E-state index contributed by atoms with van der Waals surface area (Å²) in [6.07, 6.45) is 0. The number of benzene rings is 1. The zero-order valence-corrected chi connectivity index (χ0v) is 11.4. The van der Waals surface area contributed by atoms with Crippen LogP contribution in [-0.4, -0.2) is 42.6 Å². The Morgan fingerprint density at radius 3 is 2.65 bits per heavy atom. The maximum atomic E-state index is 12.3. The van der Waals surface area contributed by atoms with Gasteiger partial charge >= 0.3 is 11.5 Å². The fraction of sp³-hybridized carbons (Fsp3) is 0.417. The Bertz CT molecular complexity index is 475. The highest BCUT2D eigenvalue weighted by molar-refractivity contribution is 8.00. The van der Waals surface area contributed by atoms with Crippen molar-refractivity contribution in [3.63, 3.8) is 0 Å². The summed E-state index contributed by atoms with van der Waals surface area (Å²) in [5.41, 5.74) is -3.97. The molecule has 1 fully saturated rings. The van der Waals surface area contributed by atoms with Crippen molar-refractivity contribution in [2.24, 2.45) is 0 Å². The van der Waals surface area contributed by atoms with E-state index in [1.807, 2.05) is 0 Å². The molecule has 2 N–H and O–H groups in total. The number of carbonyl (C=O) groups excluding carboxylic acids is 1. The van der Waals surface area contributed by atoms with Gasteiger partial charge in [-0.25, -0.2) is 4.79 Å². The van der Waals surface area contributed by atoms with Crippen LogP contribution in [0.2, 0.25) is 0 Å². The number of halogens is 3. The largest absolute Gasteiger partial charge is 0.446 e. The van der Waals surface area contributed by atoms with Crippen LogP contribution in [0.4, 0.5) is 23.7 Å². The van der Waals surface area contributed by atoms with Gasteiger partial charge in [0.15, 0.2) is 0 Å². The Labute approximate surface area is 118 Å². The van der Waals surface area contributed by atoms with Crippen molar-refractivity contribution < 1.29 is 18.0 Å². The highest BCUT2D eigenvalue weighted by Crippen LogP contribution is 2.37. The lowest BCUT2D eigenvalue weighted by Crippen LogP contribution is -2.48. The Hall–Kier alpha value is -1.41. The summed E-state index contributed by atoms with van der Waals surface area (Å²) < 4.78 is 36.9. The minimum atomic E-state index is -4.33. The molecule has 110 valence electrons. The van der Waals surface area contributed by atoms with Crippen LogP contribution in [0.25, 0.3) is 0 Å². The fourth-order valence-corrected chi connectivity index (χ4v) is 2.44. The molecule has 0 atom stereocenters.